The summed E-state index contributed by atoms with van der Waals surface area (Å²) in [5.41, 5.74) is 2.66. The van der Waals surface area contributed by atoms with Crippen LogP contribution < -0.4 is 9.47 Å². The molecule has 34 heavy (non-hydrogen) atoms. The fourth-order valence-electron chi connectivity index (χ4n) is 3.75. The van der Waals surface area contributed by atoms with Gasteiger partial charge in [-0.2, -0.15) is 5.10 Å². The molecule has 4 rings (SSSR count). The van der Waals surface area contributed by atoms with Gasteiger partial charge in [0.25, 0.3) is 0 Å². The molecule has 180 valence electrons. The molecule has 1 saturated heterocycles. The Kier molecular flexibility index (Phi) is 8.13. The second-order valence-corrected chi connectivity index (χ2v) is 7.77. The minimum absolute atomic E-state index is 0.0305. The number of carboxylic acid groups (broad SMARTS) is 1. The first kappa shape index (κ1) is 23.7. The van der Waals surface area contributed by atoms with E-state index in [9.17, 15) is 9.90 Å². The molecule has 3 aromatic rings. The molecule has 0 saturated carbocycles. The molecule has 2 aromatic carbocycles. The van der Waals surface area contributed by atoms with Gasteiger partial charge < -0.3 is 24.1 Å². The summed E-state index contributed by atoms with van der Waals surface area (Å²) in [6, 6.07) is 15.5. The molecule has 0 spiro atoms. The van der Waals surface area contributed by atoms with Crippen molar-refractivity contribution in [1.82, 2.24) is 14.7 Å². The van der Waals surface area contributed by atoms with E-state index in [2.05, 4.69) is 10.00 Å². The number of carbonyl (C=O) groups is 1. The summed E-state index contributed by atoms with van der Waals surface area (Å²) in [7, 11) is 1.64. The second-order valence-electron chi connectivity index (χ2n) is 7.77. The third kappa shape index (κ3) is 5.74. The van der Waals surface area contributed by atoms with Crippen molar-refractivity contribution in [3.05, 3.63) is 60.3 Å². The summed E-state index contributed by atoms with van der Waals surface area (Å²) in [4.78, 5) is 14.0. The number of morpholine rings is 1. The standard InChI is InChI=1S/C25H29N3O6/c1-31-16-17-33-23-5-3-2-4-21(23)19-6-8-20(9-7-19)28-24(22(18-26-28)25(29)30)34-15-12-27-10-13-32-14-11-27/h2-9,18H,10-17H2,1H3,(H,29,30). The average Bonchev–Trinajstić information content (AvgIpc) is 3.29. The Hall–Kier alpha value is -3.40. The number of nitrogens with zero attached hydrogens (tertiary/aromatic N) is 3. The topological polar surface area (TPSA) is 95.3 Å². The lowest BCUT2D eigenvalue weighted by atomic mass is 10.0. The highest BCUT2D eigenvalue weighted by molar-refractivity contribution is 5.90. The number of hydrogen-bond acceptors (Lipinski definition) is 7. The lowest BCUT2D eigenvalue weighted by molar-refractivity contribution is 0.0317. The normalized spacial score (nSPS) is 14.1. The minimum atomic E-state index is -1.08. The van der Waals surface area contributed by atoms with Crippen LogP contribution in [0.3, 0.4) is 0 Å². The summed E-state index contributed by atoms with van der Waals surface area (Å²) in [5.74, 6) is -0.0881. The third-order valence-corrected chi connectivity index (χ3v) is 5.56. The van der Waals surface area contributed by atoms with E-state index in [0.717, 1.165) is 30.0 Å². The van der Waals surface area contributed by atoms with Crippen LogP contribution in [0.15, 0.2) is 54.7 Å². The first-order chi connectivity index (χ1) is 16.7. The third-order valence-electron chi connectivity index (χ3n) is 5.56. The summed E-state index contributed by atoms with van der Waals surface area (Å²) < 4.78 is 23.7. The molecule has 1 aromatic heterocycles. The van der Waals surface area contributed by atoms with Crippen LogP contribution >= 0.6 is 0 Å². The van der Waals surface area contributed by atoms with E-state index in [1.54, 1.807) is 7.11 Å². The quantitative estimate of drug-likeness (QED) is 0.430. The molecule has 0 radical (unpaired) electrons. The van der Waals surface area contributed by atoms with Gasteiger partial charge in [-0.1, -0.05) is 30.3 Å². The molecule has 1 aliphatic rings. The van der Waals surface area contributed by atoms with Crippen molar-refractivity contribution in [3.63, 3.8) is 0 Å². The van der Waals surface area contributed by atoms with Crippen LogP contribution in [0.2, 0.25) is 0 Å². The lowest BCUT2D eigenvalue weighted by Crippen LogP contribution is -2.38. The van der Waals surface area contributed by atoms with Gasteiger partial charge in [0.1, 0.15) is 24.5 Å². The molecule has 1 N–H and O–H groups in total. The Labute approximate surface area is 198 Å². The van der Waals surface area contributed by atoms with E-state index < -0.39 is 5.97 Å². The zero-order valence-electron chi connectivity index (χ0n) is 19.2. The van der Waals surface area contributed by atoms with Crippen molar-refractivity contribution in [2.24, 2.45) is 0 Å². The highest BCUT2D eigenvalue weighted by Gasteiger charge is 2.20. The number of ether oxygens (including phenoxy) is 4. The number of para-hydroxylation sites is 1. The lowest BCUT2D eigenvalue weighted by Gasteiger charge is -2.26. The van der Waals surface area contributed by atoms with Gasteiger partial charge in [0.2, 0.25) is 5.88 Å². The van der Waals surface area contributed by atoms with Gasteiger partial charge in [0.15, 0.2) is 0 Å². The number of carboxylic acids is 1. The number of methoxy groups -OCH3 is 1. The zero-order valence-corrected chi connectivity index (χ0v) is 19.2. The van der Waals surface area contributed by atoms with Crippen molar-refractivity contribution in [1.29, 1.82) is 0 Å². The smallest absolute Gasteiger partial charge is 0.342 e. The monoisotopic (exact) mass is 467 g/mol. The van der Waals surface area contributed by atoms with Crippen LogP contribution in [0.4, 0.5) is 0 Å². The molecule has 0 amide bonds. The fraction of sp³-hybridized carbons (Fsp3) is 0.360. The van der Waals surface area contributed by atoms with Gasteiger partial charge in [0.05, 0.1) is 31.7 Å². The SMILES string of the molecule is COCCOc1ccccc1-c1ccc(-n2ncc(C(=O)O)c2OCCN2CCOCC2)cc1. The van der Waals surface area contributed by atoms with Crippen LogP contribution in [0, 0.1) is 0 Å². The van der Waals surface area contributed by atoms with Crippen molar-refractivity contribution in [2.75, 3.05) is 59.8 Å². The first-order valence-corrected chi connectivity index (χ1v) is 11.2. The first-order valence-electron chi connectivity index (χ1n) is 11.2. The number of aromatic nitrogens is 2. The van der Waals surface area contributed by atoms with Gasteiger partial charge in [-0.05, 0) is 23.8 Å². The summed E-state index contributed by atoms with van der Waals surface area (Å²) in [5, 5.41) is 13.9. The van der Waals surface area contributed by atoms with E-state index in [-0.39, 0.29) is 11.4 Å². The van der Waals surface area contributed by atoms with Crippen molar-refractivity contribution in [3.8, 4) is 28.4 Å². The van der Waals surface area contributed by atoms with Crippen LogP contribution in [0.5, 0.6) is 11.6 Å². The highest BCUT2D eigenvalue weighted by atomic mass is 16.5. The molecule has 2 heterocycles. The van der Waals surface area contributed by atoms with Crippen molar-refractivity contribution >= 4 is 5.97 Å². The van der Waals surface area contributed by atoms with E-state index in [4.69, 9.17) is 18.9 Å². The Balaban J connectivity index is 1.52. The number of rotatable bonds is 11. The van der Waals surface area contributed by atoms with Gasteiger partial charge in [-0.25, -0.2) is 9.48 Å². The van der Waals surface area contributed by atoms with Gasteiger partial charge in [-0.3, -0.25) is 4.90 Å². The van der Waals surface area contributed by atoms with Crippen LogP contribution in [0.25, 0.3) is 16.8 Å². The van der Waals surface area contributed by atoms with Crippen molar-refractivity contribution in [2.45, 2.75) is 0 Å². The molecule has 9 heteroatoms. The van der Waals surface area contributed by atoms with Gasteiger partial charge >= 0.3 is 5.97 Å². The molecule has 1 aliphatic heterocycles. The van der Waals surface area contributed by atoms with Crippen LogP contribution in [0.1, 0.15) is 10.4 Å². The molecule has 0 atom stereocenters. The maximum Gasteiger partial charge on any atom is 0.342 e. The van der Waals surface area contributed by atoms with Crippen molar-refractivity contribution < 1.29 is 28.8 Å². The number of benzene rings is 2. The van der Waals surface area contributed by atoms with E-state index in [0.29, 0.717) is 45.3 Å². The van der Waals surface area contributed by atoms with E-state index >= 15 is 0 Å². The molecule has 9 nitrogen and oxygen atoms in total. The van der Waals surface area contributed by atoms with Crippen LogP contribution in [-0.4, -0.2) is 85.5 Å². The zero-order chi connectivity index (χ0) is 23.8. The largest absolute Gasteiger partial charge is 0.491 e. The maximum absolute atomic E-state index is 11.7. The molecular formula is C25H29N3O6. The van der Waals surface area contributed by atoms with E-state index in [1.165, 1.54) is 10.9 Å². The fourth-order valence-corrected chi connectivity index (χ4v) is 3.75. The Bertz CT molecular complexity index is 1080. The summed E-state index contributed by atoms with van der Waals surface area (Å²) >= 11 is 0. The predicted molar refractivity (Wildman–Crippen MR) is 126 cm³/mol. The predicted octanol–water partition coefficient (Wildman–Crippen LogP) is 2.97. The Morgan fingerprint density at radius 2 is 1.79 bits per heavy atom. The Morgan fingerprint density at radius 3 is 2.53 bits per heavy atom. The van der Waals surface area contributed by atoms with Gasteiger partial charge in [-0.15, -0.1) is 0 Å². The van der Waals surface area contributed by atoms with E-state index in [1.807, 2.05) is 48.5 Å². The minimum Gasteiger partial charge on any atom is -0.491 e. The Morgan fingerprint density at radius 1 is 1.03 bits per heavy atom. The maximum atomic E-state index is 11.7. The van der Waals surface area contributed by atoms with Crippen LogP contribution in [-0.2, 0) is 9.47 Å². The highest BCUT2D eigenvalue weighted by Crippen LogP contribution is 2.31. The molecule has 0 bridgehead atoms. The average molecular weight is 468 g/mol. The second kappa shape index (κ2) is 11.6. The number of hydrogen-bond donors (Lipinski definition) is 1. The van der Waals surface area contributed by atoms with Gasteiger partial charge in [0, 0.05) is 32.3 Å². The number of aromatic carboxylic acids is 1. The molecule has 0 unspecified atom stereocenters. The molecule has 1 fully saturated rings. The molecule has 0 aliphatic carbocycles. The summed E-state index contributed by atoms with van der Waals surface area (Å²) in [6.07, 6.45) is 1.32. The molecular weight excluding hydrogens is 438 g/mol. The summed E-state index contributed by atoms with van der Waals surface area (Å²) in [6.45, 7) is 5.09.